The molecule has 0 aliphatic rings. The van der Waals surface area contributed by atoms with Crippen LogP contribution in [0, 0.1) is 6.92 Å². The molecule has 0 fully saturated rings. The van der Waals surface area contributed by atoms with Crippen LogP contribution >= 0.6 is 0 Å². The van der Waals surface area contributed by atoms with Gasteiger partial charge in [0.25, 0.3) is 0 Å². The molecule has 114 valence electrons. The maximum atomic E-state index is 12.2. The summed E-state index contributed by atoms with van der Waals surface area (Å²) < 4.78 is 5.02. The minimum atomic E-state index is -0.501. The molecule has 0 spiro atoms. The molecule has 0 saturated carbocycles. The molecule has 0 radical (unpaired) electrons. The molecule has 0 amide bonds. The average molecular weight is 292 g/mol. The fourth-order valence-corrected chi connectivity index (χ4v) is 2.42. The summed E-state index contributed by atoms with van der Waals surface area (Å²) >= 11 is 0. The van der Waals surface area contributed by atoms with Gasteiger partial charge in [-0.2, -0.15) is 0 Å². The number of phenols is 1. The first-order chi connectivity index (χ1) is 9.95. The molecule has 6 heteroatoms. The quantitative estimate of drug-likeness (QED) is 0.725. The largest absolute Gasteiger partial charge is 0.508 e. The monoisotopic (exact) mass is 292 g/mol. The number of rotatable bonds is 5. The summed E-state index contributed by atoms with van der Waals surface area (Å²) in [6, 6.07) is 3.35. The number of phenolic OH excluding ortho intramolecular Hbond substituents is 1. The molecule has 2 rings (SSSR count). The number of benzene rings is 1. The zero-order chi connectivity index (χ0) is 15.6. The predicted octanol–water partition coefficient (Wildman–Crippen LogP) is 1.39. The van der Waals surface area contributed by atoms with Crippen LogP contribution in [0.4, 0.5) is 0 Å². The summed E-state index contributed by atoms with van der Waals surface area (Å²) in [5.74, 6) is -0.357. The van der Waals surface area contributed by atoms with Crippen molar-refractivity contribution < 1.29 is 19.7 Å². The van der Waals surface area contributed by atoms with Crippen LogP contribution in [0.5, 0.6) is 5.75 Å². The van der Waals surface area contributed by atoms with Crippen LogP contribution in [0.3, 0.4) is 0 Å². The number of aliphatic hydroxyl groups is 1. The van der Waals surface area contributed by atoms with Gasteiger partial charge in [0.15, 0.2) is 0 Å². The lowest BCUT2D eigenvalue weighted by Gasteiger charge is -2.13. The summed E-state index contributed by atoms with van der Waals surface area (Å²) in [6.45, 7) is 2.02. The smallest absolute Gasteiger partial charge is 0.340 e. The Balaban J connectivity index is 2.61. The van der Waals surface area contributed by atoms with Crippen molar-refractivity contribution in [3.05, 3.63) is 29.0 Å². The number of H-pyrrole nitrogens is 1. The highest BCUT2D eigenvalue weighted by atomic mass is 16.5. The first-order valence-corrected chi connectivity index (χ1v) is 6.71. The van der Waals surface area contributed by atoms with Gasteiger partial charge in [0.2, 0.25) is 0 Å². The number of hydrogen-bond donors (Lipinski definition) is 3. The Labute approximate surface area is 123 Å². The van der Waals surface area contributed by atoms with Crippen molar-refractivity contribution >= 4 is 16.9 Å². The van der Waals surface area contributed by atoms with E-state index in [9.17, 15) is 9.90 Å². The third kappa shape index (κ3) is 3.01. The van der Waals surface area contributed by atoms with E-state index in [1.165, 1.54) is 0 Å². The summed E-state index contributed by atoms with van der Waals surface area (Å²) in [5.41, 5.74) is 2.54. The van der Waals surface area contributed by atoms with Crippen molar-refractivity contribution in [2.75, 3.05) is 27.3 Å². The topological polar surface area (TPSA) is 85.8 Å². The number of hydrogen-bond acceptors (Lipinski definition) is 5. The Hall–Kier alpha value is -2.05. The van der Waals surface area contributed by atoms with E-state index in [0.717, 1.165) is 5.52 Å². The van der Waals surface area contributed by atoms with Gasteiger partial charge < -0.3 is 24.8 Å². The molecule has 21 heavy (non-hydrogen) atoms. The van der Waals surface area contributed by atoms with Gasteiger partial charge in [0.05, 0.1) is 12.2 Å². The van der Waals surface area contributed by atoms with Crippen molar-refractivity contribution in [2.45, 2.75) is 13.5 Å². The van der Waals surface area contributed by atoms with Gasteiger partial charge in [0.1, 0.15) is 12.4 Å². The first-order valence-electron chi connectivity index (χ1n) is 6.71. The van der Waals surface area contributed by atoms with Crippen molar-refractivity contribution in [3.8, 4) is 5.75 Å². The number of aromatic nitrogens is 1. The molecular formula is C15H20N2O4. The van der Waals surface area contributed by atoms with Crippen LogP contribution in [0.25, 0.3) is 10.9 Å². The van der Waals surface area contributed by atoms with Crippen LogP contribution in [0.2, 0.25) is 0 Å². The lowest BCUT2D eigenvalue weighted by molar-refractivity contribution is 0.0435. The van der Waals surface area contributed by atoms with E-state index in [1.54, 1.807) is 19.1 Å². The lowest BCUT2D eigenvalue weighted by Crippen LogP contribution is -2.13. The third-order valence-corrected chi connectivity index (χ3v) is 3.24. The summed E-state index contributed by atoms with van der Waals surface area (Å²) in [5, 5.41) is 19.6. The molecule has 0 unspecified atom stereocenters. The van der Waals surface area contributed by atoms with Crippen molar-refractivity contribution in [1.82, 2.24) is 9.88 Å². The average Bonchev–Trinajstić information content (AvgIpc) is 2.75. The number of esters is 1. The van der Waals surface area contributed by atoms with Gasteiger partial charge in [-0.25, -0.2) is 4.79 Å². The normalized spacial score (nSPS) is 11.3. The van der Waals surface area contributed by atoms with Crippen LogP contribution in [-0.2, 0) is 11.3 Å². The molecule has 1 aromatic carbocycles. The Morgan fingerprint density at radius 3 is 2.71 bits per heavy atom. The lowest BCUT2D eigenvalue weighted by atomic mass is 10.0. The van der Waals surface area contributed by atoms with Gasteiger partial charge in [0, 0.05) is 28.7 Å². The zero-order valence-corrected chi connectivity index (χ0v) is 12.4. The molecule has 0 aliphatic carbocycles. The molecule has 1 aromatic heterocycles. The number of fused-ring (bicyclic) bond motifs is 1. The second kappa shape index (κ2) is 6.15. The van der Waals surface area contributed by atoms with Crippen LogP contribution < -0.4 is 0 Å². The second-order valence-electron chi connectivity index (χ2n) is 5.21. The maximum Gasteiger partial charge on any atom is 0.340 e. The highest BCUT2D eigenvalue weighted by molar-refractivity contribution is 6.07. The van der Waals surface area contributed by atoms with E-state index in [2.05, 4.69) is 4.98 Å². The van der Waals surface area contributed by atoms with Gasteiger partial charge in [-0.3, -0.25) is 0 Å². The number of carbonyl (C=O) groups is 1. The summed E-state index contributed by atoms with van der Waals surface area (Å²) in [4.78, 5) is 17.2. The molecule has 3 N–H and O–H groups in total. The molecular weight excluding hydrogens is 272 g/mol. The fourth-order valence-electron chi connectivity index (χ4n) is 2.42. The Morgan fingerprint density at radius 1 is 1.38 bits per heavy atom. The Kier molecular flexibility index (Phi) is 4.50. The van der Waals surface area contributed by atoms with E-state index in [4.69, 9.17) is 9.84 Å². The predicted molar refractivity (Wildman–Crippen MR) is 79.5 cm³/mol. The number of aromatic amines is 1. The van der Waals surface area contributed by atoms with Crippen molar-refractivity contribution in [2.24, 2.45) is 0 Å². The number of nitrogens with one attached hydrogen (secondary N) is 1. The number of ether oxygens (including phenoxy) is 1. The fraction of sp³-hybridized carbons (Fsp3) is 0.400. The Morgan fingerprint density at radius 2 is 2.10 bits per heavy atom. The van der Waals surface area contributed by atoms with Crippen molar-refractivity contribution in [1.29, 1.82) is 0 Å². The van der Waals surface area contributed by atoms with Crippen LogP contribution in [-0.4, -0.2) is 53.4 Å². The molecule has 0 aliphatic heterocycles. The number of aromatic hydroxyl groups is 1. The number of carbonyl (C=O) groups excluding carboxylic acids is 1. The highest BCUT2D eigenvalue weighted by Crippen LogP contribution is 2.32. The summed E-state index contributed by atoms with van der Waals surface area (Å²) in [6.07, 6.45) is 0. The van der Waals surface area contributed by atoms with Gasteiger partial charge in [-0.15, -0.1) is 0 Å². The zero-order valence-electron chi connectivity index (χ0n) is 12.4. The number of aliphatic hydroxyl groups excluding tert-OH is 1. The minimum absolute atomic E-state index is 0.0488. The molecule has 6 nitrogen and oxygen atoms in total. The van der Waals surface area contributed by atoms with E-state index < -0.39 is 5.97 Å². The summed E-state index contributed by atoms with van der Waals surface area (Å²) in [7, 11) is 3.78. The highest BCUT2D eigenvalue weighted by Gasteiger charge is 2.22. The van der Waals surface area contributed by atoms with Gasteiger partial charge in [-0.1, -0.05) is 0 Å². The Bertz CT molecular complexity index is 661. The molecule has 0 atom stereocenters. The minimum Gasteiger partial charge on any atom is -0.508 e. The van der Waals surface area contributed by atoms with Gasteiger partial charge >= 0.3 is 5.97 Å². The first kappa shape index (κ1) is 15.3. The molecule has 0 bridgehead atoms. The molecule has 2 aromatic rings. The maximum absolute atomic E-state index is 12.2. The van der Waals surface area contributed by atoms with E-state index in [0.29, 0.717) is 28.8 Å². The SMILES string of the molecule is Cc1[nH]c2ccc(O)c(CN(C)C)c2c1C(=O)OCCO. The number of nitrogens with zero attached hydrogens (tertiary/aromatic N) is 1. The van der Waals surface area contributed by atoms with E-state index >= 15 is 0 Å². The van der Waals surface area contributed by atoms with E-state index in [-0.39, 0.29) is 19.0 Å². The van der Waals surface area contributed by atoms with Gasteiger partial charge in [-0.05, 0) is 33.2 Å². The molecule has 0 saturated heterocycles. The van der Waals surface area contributed by atoms with Crippen LogP contribution in [0.1, 0.15) is 21.6 Å². The van der Waals surface area contributed by atoms with E-state index in [1.807, 2.05) is 19.0 Å². The number of aryl methyl sites for hydroxylation is 1. The second-order valence-corrected chi connectivity index (χ2v) is 5.21. The third-order valence-electron chi connectivity index (χ3n) is 3.24. The standard InChI is InChI=1S/C15H20N2O4/c1-9-13(15(20)21-7-6-18)14-10(8-17(2)3)12(19)5-4-11(14)16-9/h4-5,16,18-19H,6-8H2,1-3H3. The molecule has 1 heterocycles. The van der Waals surface area contributed by atoms with Crippen molar-refractivity contribution in [3.63, 3.8) is 0 Å². The van der Waals surface area contributed by atoms with Crippen LogP contribution in [0.15, 0.2) is 12.1 Å².